The van der Waals surface area contributed by atoms with Crippen molar-refractivity contribution in [2.45, 2.75) is 20.4 Å². The van der Waals surface area contributed by atoms with Crippen LogP contribution in [-0.4, -0.2) is 47.1 Å². The molecule has 2 rings (SSSR count). The maximum Gasteiger partial charge on any atom is 0.420 e. The lowest BCUT2D eigenvalue weighted by Gasteiger charge is -2.24. The van der Waals surface area contributed by atoms with Gasteiger partial charge in [0, 0.05) is 26.3 Å². The third-order valence-electron chi connectivity index (χ3n) is 3.66. The molecular formula is C16H21N3O6. The van der Waals surface area contributed by atoms with Crippen LogP contribution in [0.25, 0.3) is 11.1 Å². The summed E-state index contributed by atoms with van der Waals surface area (Å²) in [6.45, 7) is 5.14. The van der Waals surface area contributed by atoms with Crippen molar-refractivity contribution in [3.8, 4) is 0 Å². The van der Waals surface area contributed by atoms with E-state index < -0.39 is 10.7 Å². The van der Waals surface area contributed by atoms with Gasteiger partial charge >= 0.3 is 5.76 Å². The first-order valence-corrected chi connectivity index (χ1v) is 7.88. The van der Waals surface area contributed by atoms with Crippen LogP contribution >= 0.6 is 0 Å². The minimum Gasteiger partial charge on any atom is -0.407 e. The van der Waals surface area contributed by atoms with Crippen LogP contribution < -0.4 is 5.76 Å². The van der Waals surface area contributed by atoms with Gasteiger partial charge in [0.1, 0.15) is 6.54 Å². The number of aromatic nitrogens is 1. The van der Waals surface area contributed by atoms with Gasteiger partial charge in [0.15, 0.2) is 5.58 Å². The Kier molecular flexibility index (Phi) is 5.92. The van der Waals surface area contributed by atoms with Gasteiger partial charge in [0.25, 0.3) is 5.69 Å². The van der Waals surface area contributed by atoms with Crippen LogP contribution in [0.15, 0.2) is 27.4 Å². The van der Waals surface area contributed by atoms with Gasteiger partial charge in [0.2, 0.25) is 5.91 Å². The summed E-state index contributed by atoms with van der Waals surface area (Å²) in [7, 11) is 1.55. The summed E-state index contributed by atoms with van der Waals surface area (Å²) in [5.74, 6) is -0.699. The maximum atomic E-state index is 12.6. The predicted octanol–water partition coefficient (Wildman–Crippen LogP) is 1.63. The number of fused-ring (bicyclic) bond motifs is 1. The molecule has 0 saturated carbocycles. The normalized spacial score (nSPS) is 11.2. The van der Waals surface area contributed by atoms with Crippen molar-refractivity contribution in [2.24, 2.45) is 5.92 Å². The summed E-state index contributed by atoms with van der Waals surface area (Å²) < 4.78 is 11.2. The van der Waals surface area contributed by atoms with E-state index in [1.165, 1.54) is 22.8 Å². The lowest BCUT2D eigenvalue weighted by Crippen LogP contribution is -2.39. The van der Waals surface area contributed by atoms with E-state index in [0.717, 1.165) is 0 Å². The van der Waals surface area contributed by atoms with Crippen molar-refractivity contribution in [1.29, 1.82) is 0 Å². The second-order valence-corrected chi connectivity index (χ2v) is 6.09. The largest absolute Gasteiger partial charge is 0.420 e. The fourth-order valence-corrected chi connectivity index (χ4v) is 2.51. The number of nitro groups is 1. The molecule has 0 bridgehead atoms. The molecule has 1 aromatic carbocycles. The molecule has 0 saturated heterocycles. The van der Waals surface area contributed by atoms with E-state index in [9.17, 15) is 19.7 Å². The van der Waals surface area contributed by atoms with E-state index in [1.807, 2.05) is 13.8 Å². The van der Waals surface area contributed by atoms with E-state index in [1.54, 1.807) is 12.0 Å². The molecule has 9 nitrogen and oxygen atoms in total. The standard InChI is InChI=1S/C16H21N3O6/c1-11(2)9-17(6-7-24-3)15(20)10-18-13-5-4-12(19(22)23)8-14(13)25-16(18)21/h4-5,8,11H,6-7,9-10H2,1-3H3. The summed E-state index contributed by atoms with van der Waals surface area (Å²) in [4.78, 5) is 36.5. The molecule has 0 spiro atoms. The number of oxazole rings is 1. The minimum absolute atomic E-state index is 0.0827. The summed E-state index contributed by atoms with van der Waals surface area (Å²) in [5, 5.41) is 10.8. The highest BCUT2D eigenvalue weighted by Crippen LogP contribution is 2.20. The lowest BCUT2D eigenvalue weighted by molar-refractivity contribution is -0.384. The third-order valence-corrected chi connectivity index (χ3v) is 3.66. The van der Waals surface area contributed by atoms with Crippen LogP contribution in [-0.2, 0) is 16.1 Å². The summed E-state index contributed by atoms with van der Waals surface area (Å²) in [6.07, 6.45) is 0. The van der Waals surface area contributed by atoms with Gasteiger partial charge in [-0.3, -0.25) is 19.5 Å². The molecule has 0 aliphatic carbocycles. The Labute approximate surface area is 143 Å². The summed E-state index contributed by atoms with van der Waals surface area (Å²) in [6, 6.07) is 3.86. The van der Waals surface area contributed by atoms with E-state index >= 15 is 0 Å². The summed E-state index contributed by atoms with van der Waals surface area (Å²) >= 11 is 0. The smallest absolute Gasteiger partial charge is 0.407 e. The van der Waals surface area contributed by atoms with E-state index in [2.05, 4.69) is 0 Å². The SMILES string of the molecule is COCCN(CC(C)C)C(=O)Cn1c(=O)oc2cc([N+](=O)[O-])ccc21. The first kappa shape index (κ1) is 18.7. The highest BCUT2D eigenvalue weighted by molar-refractivity contribution is 5.80. The number of nitro benzene ring substituents is 1. The molecule has 0 atom stereocenters. The molecule has 1 amide bonds. The monoisotopic (exact) mass is 351 g/mol. The quantitative estimate of drug-likeness (QED) is 0.528. The Bertz CT molecular complexity index is 823. The van der Waals surface area contributed by atoms with Gasteiger partial charge in [-0.2, -0.15) is 0 Å². The van der Waals surface area contributed by atoms with Gasteiger partial charge < -0.3 is 14.1 Å². The molecule has 25 heavy (non-hydrogen) atoms. The van der Waals surface area contributed by atoms with Crippen molar-refractivity contribution < 1.29 is 18.9 Å². The number of rotatable bonds is 8. The Hall–Kier alpha value is -2.68. The van der Waals surface area contributed by atoms with Crippen molar-refractivity contribution in [1.82, 2.24) is 9.47 Å². The molecule has 9 heteroatoms. The number of amides is 1. The molecule has 1 aromatic heterocycles. The first-order chi connectivity index (χ1) is 11.8. The second kappa shape index (κ2) is 7.93. The van der Waals surface area contributed by atoms with Crippen LogP contribution in [0.3, 0.4) is 0 Å². The zero-order valence-corrected chi connectivity index (χ0v) is 14.4. The van der Waals surface area contributed by atoms with Crippen molar-refractivity contribution in [3.05, 3.63) is 38.9 Å². The zero-order valence-electron chi connectivity index (χ0n) is 14.4. The van der Waals surface area contributed by atoms with Crippen LogP contribution in [0.5, 0.6) is 0 Å². The van der Waals surface area contributed by atoms with Crippen LogP contribution in [0.4, 0.5) is 5.69 Å². The van der Waals surface area contributed by atoms with Crippen LogP contribution in [0.1, 0.15) is 13.8 Å². The molecule has 136 valence electrons. The van der Waals surface area contributed by atoms with Crippen molar-refractivity contribution >= 4 is 22.7 Å². The fourth-order valence-electron chi connectivity index (χ4n) is 2.51. The topological polar surface area (TPSA) is 108 Å². The number of hydrogen-bond acceptors (Lipinski definition) is 6. The molecule has 2 aromatic rings. The number of ether oxygens (including phenoxy) is 1. The summed E-state index contributed by atoms with van der Waals surface area (Å²) in [5.41, 5.74) is 0.251. The molecule has 0 aliphatic heterocycles. The van der Waals surface area contributed by atoms with E-state index in [0.29, 0.717) is 25.2 Å². The van der Waals surface area contributed by atoms with E-state index in [4.69, 9.17) is 9.15 Å². The van der Waals surface area contributed by atoms with E-state index in [-0.39, 0.29) is 29.6 Å². The van der Waals surface area contributed by atoms with Gasteiger partial charge in [-0.1, -0.05) is 13.8 Å². The fraction of sp³-hybridized carbons (Fsp3) is 0.500. The Morgan fingerprint density at radius 2 is 2.16 bits per heavy atom. The zero-order chi connectivity index (χ0) is 18.6. The number of non-ortho nitro benzene ring substituents is 1. The average molecular weight is 351 g/mol. The van der Waals surface area contributed by atoms with Crippen molar-refractivity contribution in [3.63, 3.8) is 0 Å². The van der Waals surface area contributed by atoms with Gasteiger partial charge in [0.05, 0.1) is 23.1 Å². The van der Waals surface area contributed by atoms with Gasteiger partial charge in [-0.05, 0) is 12.0 Å². The van der Waals surface area contributed by atoms with Gasteiger partial charge in [-0.15, -0.1) is 0 Å². The molecule has 0 N–H and O–H groups in total. The van der Waals surface area contributed by atoms with Crippen LogP contribution in [0, 0.1) is 16.0 Å². The van der Waals surface area contributed by atoms with Gasteiger partial charge in [-0.25, -0.2) is 4.79 Å². The average Bonchev–Trinajstić information content (AvgIpc) is 2.85. The molecular weight excluding hydrogens is 330 g/mol. The number of benzene rings is 1. The maximum absolute atomic E-state index is 12.6. The predicted molar refractivity (Wildman–Crippen MR) is 90.4 cm³/mol. The highest BCUT2D eigenvalue weighted by atomic mass is 16.6. The second-order valence-electron chi connectivity index (χ2n) is 6.09. The molecule has 0 unspecified atom stereocenters. The molecule has 0 aliphatic rings. The Balaban J connectivity index is 2.28. The molecule has 0 radical (unpaired) electrons. The molecule has 0 fully saturated rings. The third kappa shape index (κ3) is 4.44. The number of hydrogen-bond donors (Lipinski definition) is 0. The minimum atomic E-state index is -0.722. The Morgan fingerprint density at radius 3 is 2.76 bits per heavy atom. The number of carbonyl (C=O) groups excluding carboxylic acids is 1. The Morgan fingerprint density at radius 1 is 1.44 bits per heavy atom. The molecule has 1 heterocycles. The lowest BCUT2D eigenvalue weighted by atomic mass is 10.2. The van der Waals surface area contributed by atoms with Crippen molar-refractivity contribution in [2.75, 3.05) is 26.8 Å². The first-order valence-electron chi connectivity index (χ1n) is 7.88. The highest BCUT2D eigenvalue weighted by Gasteiger charge is 2.20. The number of methoxy groups -OCH3 is 1. The number of nitrogens with zero attached hydrogens (tertiary/aromatic N) is 3. The number of carbonyl (C=O) groups is 1. The van der Waals surface area contributed by atoms with Crippen LogP contribution in [0.2, 0.25) is 0 Å².